The van der Waals surface area contributed by atoms with Crippen LogP contribution in [0.3, 0.4) is 0 Å². The van der Waals surface area contributed by atoms with Crippen molar-refractivity contribution in [3.05, 3.63) is 82.4 Å². The Bertz CT molecular complexity index is 759. The van der Waals surface area contributed by atoms with Crippen molar-refractivity contribution in [2.24, 2.45) is 0 Å². The van der Waals surface area contributed by atoms with Gasteiger partial charge in [0.15, 0.2) is 0 Å². The summed E-state index contributed by atoms with van der Waals surface area (Å²) in [5, 5.41) is 3.34. The molecule has 0 bridgehead atoms. The number of alkyl halides is 1. The lowest BCUT2D eigenvalue weighted by Crippen LogP contribution is -1.96. The number of hydrogen-bond donors (Lipinski definition) is 0. The number of hydrogen-bond acceptors (Lipinski definition) is 0. The molecular formula is C18H14BrCl. The van der Waals surface area contributed by atoms with Gasteiger partial charge in [0.05, 0.1) is 4.83 Å². The maximum Gasteiger partial charge on any atom is 0.0665 e. The van der Waals surface area contributed by atoms with Crippen LogP contribution in [0.5, 0.6) is 0 Å². The van der Waals surface area contributed by atoms with E-state index in [-0.39, 0.29) is 4.83 Å². The summed E-state index contributed by atoms with van der Waals surface area (Å²) in [6.45, 7) is 2.04. The average Bonchev–Trinajstić information content (AvgIpc) is 2.49. The summed E-state index contributed by atoms with van der Waals surface area (Å²) in [5.74, 6) is 0. The average molecular weight is 346 g/mol. The first-order valence-electron chi connectivity index (χ1n) is 6.55. The van der Waals surface area contributed by atoms with Crippen molar-refractivity contribution >= 4 is 38.3 Å². The second-order valence-corrected chi connectivity index (χ2v) is 6.20. The Morgan fingerprint density at radius 2 is 1.50 bits per heavy atom. The van der Waals surface area contributed by atoms with E-state index in [1.807, 2.05) is 13.0 Å². The molecule has 0 saturated heterocycles. The zero-order valence-corrected chi connectivity index (χ0v) is 13.4. The smallest absolute Gasteiger partial charge is 0.0665 e. The van der Waals surface area contributed by atoms with Crippen LogP contribution in [0.25, 0.3) is 10.8 Å². The summed E-state index contributed by atoms with van der Waals surface area (Å²) in [5.41, 5.74) is 3.47. The van der Waals surface area contributed by atoms with Gasteiger partial charge in [-0.1, -0.05) is 88.2 Å². The first-order valence-corrected chi connectivity index (χ1v) is 7.84. The number of benzene rings is 3. The van der Waals surface area contributed by atoms with Crippen LogP contribution in [0.4, 0.5) is 0 Å². The molecule has 3 aromatic carbocycles. The fourth-order valence-electron chi connectivity index (χ4n) is 2.50. The van der Waals surface area contributed by atoms with Gasteiger partial charge >= 0.3 is 0 Å². The fourth-order valence-corrected chi connectivity index (χ4v) is 3.65. The van der Waals surface area contributed by atoms with E-state index in [9.17, 15) is 0 Å². The third-order valence-corrected chi connectivity index (χ3v) is 5.09. The quantitative estimate of drug-likeness (QED) is 0.479. The van der Waals surface area contributed by atoms with Crippen molar-refractivity contribution in [3.63, 3.8) is 0 Å². The summed E-state index contributed by atoms with van der Waals surface area (Å²) >= 11 is 10.3. The lowest BCUT2D eigenvalue weighted by Gasteiger charge is -2.16. The molecule has 0 amide bonds. The van der Waals surface area contributed by atoms with E-state index in [1.54, 1.807) is 0 Å². The summed E-state index contributed by atoms with van der Waals surface area (Å²) in [6.07, 6.45) is 0. The summed E-state index contributed by atoms with van der Waals surface area (Å²) in [7, 11) is 0. The molecule has 0 saturated carbocycles. The van der Waals surface area contributed by atoms with Gasteiger partial charge in [-0.2, -0.15) is 0 Å². The van der Waals surface area contributed by atoms with Crippen LogP contribution in [0, 0.1) is 6.92 Å². The van der Waals surface area contributed by atoms with Crippen molar-refractivity contribution in [2.45, 2.75) is 11.8 Å². The van der Waals surface area contributed by atoms with Crippen LogP contribution in [0.1, 0.15) is 21.5 Å². The normalized spacial score (nSPS) is 12.6. The maximum absolute atomic E-state index is 6.46. The van der Waals surface area contributed by atoms with E-state index in [0.29, 0.717) is 0 Å². The summed E-state index contributed by atoms with van der Waals surface area (Å²) in [4.78, 5) is 0.0981. The molecule has 20 heavy (non-hydrogen) atoms. The molecule has 0 spiro atoms. The van der Waals surface area contributed by atoms with Gasteiger partial charge in [-0.15, -0.1) is 0 Å². The van der Waals surface area contributed by atoms with E-state index in [1.165, 1.54) is 16.3 Å². The Morgan fingerprint density at radius 1 is 0.850 bits per heavy atom. The Hall–Kier alpha value is -1.31. The molecule has 0 aromatic heterocycles. The van der Waals surface area contributed by atoms with Crippen molar-refractivity contribution in [1.82, 2.24) is 0 Å². The van der Waals surface area contributed by atoms with E-state index < -0.39 is 0 Å². The standard InChI is InChI=1S/C18H14BrCl/c1-12-6-4-11-16(18(12)20)17(19)15-10-5-8-13-7-2-3-9-14(13)15/h2-11,17H,1H3. The molecule has 3 aromatic rings. The monoisotopic (exact) mass is 344 g/mol. The molecule has 0 fully saturated rings. The molecule has 2 heteroatoms. The van der Waals surface area contributed by atoms with Crippen LogP contribution in [-0.4, -0.2) is 0 Å². The van der Waals surface area contributed by atoms with E-state index in [2.05, 4.69) is 70.5 Å². The van der Waals surface area contributed by atoms with Crippen molar-refractivity contribution in [1.29, 1.82) is 0 Å². The molecule has 100 valence electrons. The highest BCUT2D eigenvalue weighted by Crippen LogP contribution is 2.39. The summed E-state index contributed by atoms with van der Waals surface area (Å²) in [6, 6.07) is 21.0. The van der Waals surface area contributed by atoms with Gasteiger partial charge in [0, 0.05) is 5.02 Å². The van der Waals surface area contributed by atoms with Crippen molar-refractivity contribution in [3.8, 4) is 0 Å². The maximum atomic E-state index is 6.46. The minimum atomic E-state index is 0.0981. The lowest BCUT2D eigenvalue weighted by molar-refractivity contribution is 1.19. The Kier molecular flexibility index (Phi) is 3.82. The van der Waals surface area contributed by atoms with Gasteiger partial charge in [0.1, 0.15) is 0 Å². The van der Waals surface area contributed by atoms with Crippen molar-refractivity contribution < 1.29 is 0 Å². The molecule has 0 aliphatic rings. The third-order valence-electron chi connectivity index (χ3n) is 3.59. The fraction of sp³-hybridized carbons (Fsp3) is 0.111. The van der Waals surface area contributed by atoms with Gasteiger partial charge < -0.3 is 0 Å². The van der Waals surface area contributed by atoms with Gasteiger partial charge in [-0.3, -0.25) is 0 Å². The topological polar surface area (TPSA) is 0 Å². The molecule has 0 aliphatic heterocycles. The predicted octanol–water partition coefficient (Wildman–Crippen LogP) is 6.29. The number of aryl methyl sites for hydroxylation is 1. The van der Waals surface area contributed by atoms with Crippen LogP contribution in [0.2, 0.25) is 5.02 Å². The van der Waals surface area contributed by atoms with E-state index >= 15 is 0 Å². The Morgan fingerprint density at radius 3 is 2.35 bits per heavy atom. The molecule has 0 N–H and O–H groups in total. The van der Waals surface area contributed by atoms with Crippen molar-refractivity contribution in [2.75, 3.05) is 0 Å². The minimum Gasteiger partial charge on any atom is -0.0837 e. The van der Waals surface area contributed by atoms with Crippen LogP contribution >= 0.6 is 27.5 Å². The Labute approximate surface area is 132 Å². The number of halogens is 2. The zero-order chi connectivity index (χ0) is 14.1. The number of fused-ring (bicyclic) bond motifs is 1. The molecule has 0 aliphatic carbocycles. The lowest BCUT2D eigenvalue weighted by atomic mass is 9.97. The molecule has 3 rings (SSSR count). The highest BCUT2D eigenvalue weighted by molar-refractivity contribution is 9.09. The van der Waals surface area contributed by atoms with Gasteiger partial charge in [0.2, 0.25) is 0 Å². The minimum absolute atomic E-state index is 0.0981. The highest BCUT2D eigenvalue weighted by Gasteiger charge is 2.16. The molecule has 1 atom stereocenters. The van der Waals surface area contributed by atoms with Gasteiger partial charge in [-0.25, -0.2) is 0 Å². The second-order valence-electron chi connectivity index (χ2n) is 4.91. The van der Waals surface area contributed by atoms with E-state index in [4.69, 9.17) is 11.6 Å². The molecule has 0 radical (unpaired) electrons. The molecule has 1 unspecified atom stereocenters. The summed E-state index contributed by atoms with van der Waals surface area (Å²) < 4.78 is 0. The van der Waals surface area contributed by atoms with E-state index in [0.717, 1.165) is 16.1 Å². The molecular weight excluding hydrogens is 332 g/mol. The number of rotatable bonds is 2. The SMILES string of the molecule is Cc1cccc(C(Br)c2cccc3ccccc23)c1Cl. The first-order chi connectivity index (χ1) is 9.68. The van der Waals surface area contributed by atoms with Crippen LogP contribution < -0.4 is 0 Å². The second kappa shape index (κ2) is 5.59. The largest absolute Gasteiger partial charge is 0.0837 e. The first kappa shape index (κ1) is 13.7. The molecule has 0 heterocycles. The predicted molar refractivity (Wildman–Crippen MR) is 90.9 cm³/mol. The van der Waals surface area contributed by atoms with Gasteiger partial charge in [0.25, 0.3) is 0 Å². The highest BCUT2D eigenvalue weighted by atomic mass is 79.9. The molecule has 0 nitrogen and oxygen atoms in total. The Balaban J connectivity index is 2.18. The van der Waals surface area contributed by atoms with Crippen LogP contribution in [-0.2, 0) is 0 Å². The van der Waals surface area contributed by atoms with Crippen LogP contribution in [0.15, 0.2) is 60.7 Å². The van der Waals surface area contributed by atoms with Gasteiger partial charge in [-0.05, 0) is 34.4 Å². The third kappa shape index (κ3) is 2.36. The zero-order valence-electron chi connectivity index (χ0n) is 11.1.